The molecule has 2 aromatic rings. The first kappa shape index (κ1) is 13.2. The molecular weight excluding hydrogens is 242 g/mol. The molecule has 96 valence electrons. The third-order valence-electron chi connectivity index (χ3n) is 2.89. The van der Waals surface area contributed by atoms with Gasteiger partial charge >= 0.3 is 0 Å². The SMILES string of the molecule is Cc1occc1CN(C)CCSc1ccccc1. The standard InChI is InChI=1S/C15H19NOS/c1-13-14(8-10-17-13)12-16(2)9-11-18-15-6-4-3-5-7-15/h3-8,10H,9,11-12H2,1-2H3. The minimum absolute atomic E-state index is 0.956. The van der Waals surface area contributed by atoms with Crippen LogP contribution in [0.5, 0.6) is 0 Å². The molecule has 0 aliphatic heterocycles. The first-order chi connectivity index (χ1) is 8.75. The lowest BCUT2D eigenvalue weighted by molar-refractivity contribution is 0.345. The van der Waals surface area contributed by atoms with Crippen LogP contribution in [-0.2, 0) is 6.54 Å². The number of nitrogens with zero attached hydrogens (tertiary/aromatic N) is 1. The van der Waals surface area contributed by atoms with Crippen LogP contribution in [0, 0.1) is 6.92 Å². The number of aryl methyl sites for hydroxylation is 1. The number of benzene rings is 1. The molecule has 1 aromatic carbocycles. The number of rotatable bonds is 6. The maximum atomic E-state index is 5.31. The van der Waals surface area contributed by atoms with E-state index in [4.69, 9.17) is 4.42 Å². The highest BCUT2D eigenvalue weighted by atomic mass is 32.2. The Morgan fingerprint density at radius 1 is 1.17 bits per heavy atom. The van der Waals surface area contributed by atoms with E-state index in [1.165, 1.54) is 10.5 Å². The lowest BCUT2D eigenvalue weighted by atomic mass is 10.2. The van der Waals surface area contributed by atoms with Crippen molar-refractivity contribution in [2.75, 3.05) is 19.3 Å². The van der Waals surface area contributed by atoms with Crippen molar-refractivity contribution in [3.05, 3.63) is 54.0 Å². The highest BCUT2D eigenvalue weighted by molar-refractivity contribution is 7.99. The van der Waals surface area contributed by atoms with Crippen LogP contribution in [0.15, 0.2) is 52.0 Å². The molecule has 0 aliphatic rings. The average Bonchev–Trinajstić information content (AvgIpc) is 2.76. The van der Waals surface area contributed by atoms with E-state index in [9.17, 15) is 0 Å². The fourth-order valence-electron chi connectivity index (χ4n) is 1.78. The van der Waals surface area contributed by atoms with Gasteiger partial charge in [-0.2, -0.15) is 0 Å². The maximum absolute atomic E-state index is 5.31. The van der Waals surface area contributed by atoms with Crippen molar-refractivity contribution in [1.29, 1.82) is 0 Å². The van der Waals surface area contributed by atoms with Crippen molar-refractivity contribution in [3.63, 3.8) is 0 Å². The van der Waals surface area contributed by atoms with Gasteiger partial charge in [0, 0.05) is 29.3 Å². The second-order valence-electron chi connectivity index (χ2n) is 4.40. The molecule has 1 aromatic heterocycles. The van der Waals surface area contributed by atoms with Crippen LogP contribution < -0.4 is 0 Å². The Kier molecular flexibility index (Phi) is 4.90. The van der Waals surface area contributed by atoms with Crippen molar-refractivity contribution in [2.45, 2.75) is 18.4 Å². The third kappa shape index (κ3) is 3.93. The molecule has 18 heavy (non-hydrogen) atoms. The number of hydrogen-bond donors (Lipinski definition) is 0. The summed E-state index contributed by atoms with van der Waals surface area (Å²) < 4.78 is 5.31. The molecule has 2 nitrogen and oxygen atoms in total. The maximum Gasteiger partial charge on any atom is 0.105 e. The molecule has 3 heteroatoms. The van der Waals surface area contributed by atoms with Gasteiger partial charge in [-0.05, 0) is 32.2 Å². The van der Waals surface area contributed by atoms with E-state index < -0.39 is 0 Å². The van der Waals surface area contributed by atoms with Gasteiger partial charge in [-0.15, -0.1) is 11.8 Å². The van der Waals surface area contributed by atoms with Crippen molar-refractivity contribution < 1.29 is 4.42 Å². The van der Waals surface area contributed by atoms with E-state index in [0.717, 1.165) is 24.6 Å². The van der Waals surface area contributed by atoms with E-state index >= 15 is 0 Å². The summed E-state index contributed by atoms with van der Waals surface area (Å²) in [6, 6.07) is 12.6. The average molecular weight is 261 g/mol. The predicted octanol–water partition coefficient (Wildman–Crippen LogP) is 3.81. The normalized spacial score (nSPS) is 11.1. The van der Waals surface area contributed by atoms with Crippen molar-refractivity contribution >= 4 is 11.8 Å². The van der Waals surface area contributed by atoms with E-state index in [1.807, 2.05) is 18.7 Å². The molecule has 0 amide bonds. The number of furan rings is 1. The highest BCUT2D eigenvalue weighted by Gasteiger charge is 2.05. The molecular formula is C15H19NOS. The minimum Gasteiger partial charge on any atom is -0.469 e. The van der Waals surface area contributed by atoms with E-state index in [-0.39, 0.29) is 0 Å². The third-order valence-corrected chi connectivity index (χ3v) is 3.88. The molecule has 0 unspecified atom stereocenters. The van der Waals surface area contributed by atoms with Gasteiger partial charge in [0.1, 0.15) is 5.76 Å². The minimum atomic E-state index is 0.956. The summed E-state index contributed by atoms with van der Waals surface area (Å²) >= 11 is 1.90. The van der Waals surface area contributed by atoms with Crippen LogP contribution in [0.2, 0.25) is 0 Å². The summed E-state index contributed by atoms with van der Waals surface area (Å²) in [6.45, 7) is 4.05. The largest absolute Gasteiger partial charge is 0.469 e. The molecule has 0 radical (unpaired) electrons. The van der Waals surface area contributed by atoms with Gasteiger partial charge in [0.25, 0.3) is 0 Å². The van der Waals surface area contributed by atoms with E-state index in [2.05, 4.69) is 48.3 Å². The zero-order valence-electron chi connectivity index (χ0n) is 10.9. The summed E-state index contributed by atoms with van der Waals surface area (Å²) in [5.41, 5.74) is 1.28. The highest BCUT2D eigenvalue weighted by Crippen LogP contribution is 2.17. The zero-order chi connectivity index (χ0) is 12.8. The first-order valence-corrected chi connectivity index (χ1v) is 7.13. The Bertz CT molecular complexity index is 466. The molecule has 0 aliphatic carbocycles. The summed E-state index contributed by atoms with van der Waals surface area (Å²) in [4.78, 5) is 3.67. The van der Waals surface area contributed by atoms with Crippen LogP contribution in [0.3, 0.4) is 0 Å². The van der Waals surface area contributed by atoms with Crippen molar-refractivity contribution in [2.24, 2.45) is 0 Å². The summed E-state index contributed by atoms with van der Waals surface area (Å²) in [5.74, 6) is 2.13. The second kappa shape index (κ2) is 6.66. The molecule has 0 atom stereocenters. The number of hydrogen-bond acceptors (Lipinski definition) is 3. The monoisotopic (exact) mass is 261 g/mol. The van der Waals surface area contributed by atoms with Crippen LogP contribution in [0.25, 0.3) is 0 Å². The molecule has 0 N–H and O–H groups in total. The topological polar surface area (TPSA) is 16.4 Å². The summed E-state index contributed by atoms with van der Waals surface area (Å²) in [7, 11) is 2.15. The van der Waals surface area contributed by atoms with Crippen LogP contribution in [0.1, 0.15) is 11.3 Å². The first-order valence-electron chi connectivity index (χ1n) is 6.15. The molecule has 0 spiro atoms. The van der Waals surface area contributed by atoms with Crippen LogP contribution >= 0.6 is 11.8 Å². The Labute approximate surface area is 113 Å². The quantitative estimate of drug-likeness (QED) is 0.736. The second-order valence-corrected chi connectivity index (χ2v) is 5.57. The van der Waals surface area contributed by atoms with E-state index in [1.54, 1.807) is 6.26 Å². The molecule has 0 saturated heterocycles. The molecule has 0 bridgehead atoms. The summed E-state index contributed by atoms with van der Waals surface area (Å²) in [6.07, 6.45) is 1.76. The van der Waals surface area contributed by atoms with Crippen molar-refractivity contribution in [3.8, 4) is 0 Å². The Hall–Kier alpha value is -1.19. The Morgan fingerprint density at radius 3 is 2.61 bits per heavy atom. The van der Waals surface area contributed by atoms with Gasteiger partial charge in [0.2, 0.25) is 0 Å². The van der Waals surface area contributed by atoms with Crippen molar-refractivity contribution in [1.82, 2.24) is 4.90 Å². The Balaban J connectivity index is 1.72. The zero-order valence-corrected chi connectivity index (χ0v) is 11.7. The Morgan fingerprint density at radius 2 is 1.94 bits per heavy atom. The van der Waals surface area contributed by atoms with Gasteiger partial charge in [-0.25, -0.2) is 0 Å². The van der Waals surface area contributed by atoms with Crippen LogP contribution in [-0.4, -0.2) is 24.2 Å². The smallest absolute Gasteiger partial charge is 0.105 e. The van der Waals surface area contributed by atoms with Gasteiger partial charge in [-0.1, -0.05) is 18.2 Å². The predicted molar refractivity (Wildman–Crippen MR) is 76.9 cm³/mol. The fourth-order valence-corrected chi connectivity index (χ4v) is 2.77. The molecule has 2 rings (SSSR count). The lowest BCUT2D eigenvalue weighted by Crippen LogP contribution is -2.20. The fraction of sp³-hybridized carbons (Fsp3) is 0.333. The number of thioether (sulfide) groups is 1. The van der Waals surface area contributed by atoms with Gasteiger partial charge in [0.05, 0.1) is 6.26 Å². The van der Waals surface area contributed by atoms with Gasteiger partial charge < -0.3 is 9.32 Å². The molecule has 0 fully saturated rings. The van der Waals surface area contributed by atoms with Crippen LogP contribution in [0.4, 0.5) is 0 Å². The molecule has 1 heterocycles. The molecule has 0 saturated carbocycles. The lowest BCUT2D eigenvalue weighted by Gasteiger charge is -2.15. The van der Waals surface area contributed by atoms with E-state index in [0.29, 0.717) is 0 Å². The summed E-state index contributed by atoms with van der Waals surface area (Å²) in [5, 5.41) is 0. The van der Waals surface area contributed by atoms with Gasteiger partial charge in [0.15, 0.2) is 0 Å². The van der Waals surface area contributed by atoms with Gasteiger partial charge in [-0.3, -0.25) is 0 Å².